The predicted octanol–water partition coefficient (Wildman–Crippen LogP) is 3.96. The summed E-state index contributed by atoms with van der Waals surface area (Å²) in [4.78, 5) is 14.4. The molecule has 1 aliphatic carbocycles. The highest BCUT2D eigenvalue weighted by Crippen LogP contribution is 2.43. The van der Waals surface area contributed by atoms with E-state index in [9.17, 15) is 0 Å². The number of hydrogen-bond donors (Lipinski definition) is 2. The van der Waals surface area contributed by atoms with Crippen LogP contribution < -0.4 is 20.9 Å². The molecule has 0 spiro atoms. The van der Waals surface area contributed by atoms with Crippen molar-refractivity contribution in [2.45, 2.75) is 54.7 Å². The summed E-state index contributed by atoms with van der Waals surface area (Å²) < 4.78 is 14.1. The Kier molecular flexibility index (Phi) is 5.46. The first-order chi connectivity index (χ1) is 14.6. The highest BCUT2D eigenvalue weighted by Gasteiger charge is 2.23. The van der Waals surface area contributed by atoms with E-state index in [1.54, 1.807) is 11.8 Å². The lowest BCUT2D eigenvalue weighted by atomic mass is 9.84. The number of hydrogen-bond acceptors (Lipinski definition) is 8. The Morgan fingerprint density at radius 3 is 2.70 bits per heavy atom. The van der Waals surface area contributed by atoms with Crippen molar-refractivity contribution in [1.29, 1.82) is 0 Å². The Labute approximate surface area is 186 Å². The minimum atomic E-state index is 0.242. The van der Waals surface area contributed by atoms with Crippen molar-refractivity contribution in [3.05, 3.63) is 22.9 Å². The lowest BCUT2D eigenvalue weighted by Gasteiger charge is -2.26. The molecule has 1 fully saturated rings. The number of nitrogen functional groups attached to an aromatic ring is 1. The molecule has 0 radical (unpaired) electrons. The average Bonchev–Trinajstić information content (AvgIpc) is 3.33. The van der Waals surface area contributed by atoms with Gasteiger partial charge in [-0.2, -0.15) is 0 Å². The van der Waals surface area contributed by atoms with Gasteiger partial charge in [0.2, 0.25) is 6.79 Å². The Hall–Kier alpha value is -2.04. The number of aryl methyl sites for hydroxylation is 1. The fourth-order valence-electron chi connectivity index (χ4n) is 4.08. The van der Waals surface area contributed by atoms with E-state index in [0.717, 1.165) is 57.5 Å². The number of nitrogens with two attached hydrogens (primary N) is 2. The molecule has 4 N–H and O–H groups in total. The first-order valence-electron chi connectivity index (χ1n) is 10.1. The molecule has 2 aromatic heterocycles. The van der Waals surface area contributed by atoms with Gasteiger partial charge in [-0.3, -0.25) is 0 Å². The molecule has 158 valence electrons. The molecular formula is C20H23BrN6O2S. The van der Waals surface area contributed by atoms with E-state index in [4.69, 9.17) is 25.9 Å². The molecule has 3 heterocycles. The molecule has 30 heavy (non-hydrogen) atoms. The summed E-state index contributed by atoms with van der Waals surface area (Å²) in [6, 6.07) is 4.26. The maximum Gasteiger partial charge on any atom is 0.231 e. The van der Waals surface area contributed by atoms with Crippen LogP contribution in [-0.2, 0) is 6.54 Å². The van der Waals surface area contributed by atoms with Gasteiger partial charge in [0, 0.05) is 22.0 Å². The van der Waals surface area contributed by atoms with Gasteiger partial charge in [0.05, 0.1) is 0 Å². The SMILES string of the molecule is Nc1ncnc2c1nc(Sc1cc3c(cc1Br)OCO3)n2CC[C@H]1CC[C@@H](N)CC1. The molecule has 3 aromatic rings. The summed E-state index contributed by atoms with van der Waals surface area (Å²) in [5.41, 5.74) is 13.6. The fourth-order valence-corrected chi connectivity index (χ4v) is 5.59. The van der Waals surface area contributed by atoms with Gasteiger partial charge >= 0.3 is 0 Å². The van der Waals surface area contributed by atoms with Crippen molar-refractivity contribution >= 4 is 44.7 Å². The van der Waals surface area contributed by atoms with Gasteiger partial charge in [0.25, 0.3) is 0 Å². The minimum Gasteiger partial charge on any atom is -0.454 e. The second-order valence-corrected chi connectivity index (χ2v) is 9.65. The van der Waals surface area contributed by atoms with E-state index in [-0.39, 0.29) is 6.79 Å². The first-order valence-corrected chi connectivity index (χ1v) is 11.7. The summed E-state index contributed by atoms with van der Waals surface area (Å²) >= 11 is 5.19. The Morgan fingerprint density at radius 2 is 1.90 bits per heavy atom. The molecule has 0 bridgehead atoms. The first kappa shape index (κ1) is 19.9. The second-order valence-electron chi connectivity index (χ2n) is 7.78. The van der Waals surface area contributed by atoms with Crippen molar-refractivity contribution in [2.24, 2.45) is 11.7 Å². The number of benzene rings is 1. The molecule has 8 nitrogen and oxygen atoms in total. The number of rotatable bonds is 5. The molecule has 1 aromatic carbocycles. The largest absolute Gasteiger partial charge is 0.454 e. The molecule has 10 heteroatoms. The van der Waals surface area contributed by atoms with E-state index in [1.165, 1.54) is 19.2 Å². The van der Waals surface area contributed by atoms with Gasteiger partial charge in [-0.1, -0.05) is 11.8 Å². The number of halogens is 1. The van der Waals surface area contributed by atoms with Crippen LogP contribution in [0.5, 0.6) is 11.5 Å². The van der Waals surface area contributed by atoms with Crippen LogP contribution in [0.15, 0.2) is 33.0 Å². The number of aromatic nitrogens is 4. The van der Waals surface area contributed by atoms with Crippen molar-refractivity contribution in [1.82, 2.24) is 19.5 Å². The Bertz CT molecular complexity index is 1080. The molecule has 0 saturated heterocycles. The monoisotopic (exact) mass is 490 g/mol. The van der Waals surface area contributed by atoms with Crippen molar-refractivity contribution in [3.63, 3.8) is 0 Å². The van der Waals surface area contributed by atoms with Crippen LogP contribution in [0, 0.1) is 5.92 Å². The highest BCUT2D eigenvalue weighted by atomic mass is 79.9. The Balaban J connectivity index is 1.45. The summed E-state index contributed by atoms with van der Waals surface area (Å²) in [6.45, 7) is 1.07. The van der Waals surface area contributed by atoms with Crippen LogP contribution >= 0.6 is 27.7 Å². The summed E-state index contributed by atoms with van der Waals surface area (Å²) in [5, 5.41) is 0.837. The molecule has 0 amide bonds. The van der Waals surface area contributed by atoms with Crippen LogP contribution in [0.3, 0.4) is 0 Å². The zero-order chi connectivity index (χ0) is 20.7. The maximum atomic E-state index is 6.09. The van der Waals surface area contributed by atoms with Crippen molar-refractivity contribution in [2.75, 3.05) is 12.5 Å². The van der Waals surface area contributed by atoms with Crippen LogP contribution in [-0.4, -0.2) is 32.4 Å². The molecule has 0 atom stereocenters. The minimum absolute atomic E-state index is 0.242. The van der Waals surface area contributed by atoms with Gasteiger partial charge in [0.1, 0.15) is 6.33 Å². The fraction of sp³-hybridized carbons (Fsp3) is 0.450. The molecule has 5 rings (SSSR count). The van der Waals surface area contributed by atoms with Crippen LogP contribution in [0.4, 0.5) is 5.82 Å². The highest BCUT2D eigenvalue weighted by molar-refractivity contribution is 9.10. The van der Waals surface area contributed by atoms with Gasteiger partial charge in [0.15, 0.2) is 33.6 Å². The van der Waals surface area contributed by atoms with Crippen LogP contribution in [0.25, 0.3) is 11.2 Å². The Morgan fingerprint density at radius 1 is 1.13 bits per heavy atom. The predicted molar refractivity (Wildman–Crippen MR) is 119 cm³/mol. The molecule has 2 aliphatic rings. The normalized spacial score (nSPS) is 20.7. The van der Waals surface area contributed by atoms with Gasteiger partial charge in [-0.05, 0) is 66.1 Å². The molecular weight excluding hydrogens is 468 g/mol. The third-order valence-electron chi connectivity index (χ3n) is 5.81. The van der Waals surface area contributed by atoms with Crippen molar-refractivity contribution < 1.29 is 9.47 Å². The lowest BCUT2D eigenvalue weighted by molar-refractivity contribution is 0.174. The summed E-state index contributed by atoms with van der Waals surface area (Å²) in [6.07, 6.45) is 7.15. The number of fused-ring (bicyclic) bond motifs is 2. The van der Waals surface area contributed by atoms with E-state index >= 15 is 0 Å². The maximum absolute atomic E-state index is 6.09. The average molecular weight is 491 g/mol. The standard InChI is InChI=1S/C20H23BrN6O2S/c21-13-7-14-15(29-10-28-14)8-16(13)30-20-26-17-18(23)24-9-25-19(17)27(20)6-5-11-1-3-12(22)4-2-11/h7-9,11-12H,1-6,10,22H2,(H2,23,24,25)/t11-,12+. The van der Waals surface area contributed by atoms with E-state index in [0.29, 0.717) is 23.3 Å². The zero-order valence-corrected chi connectivity index (χ0v) is 18.8. The van der Waals surface area contributed by atoms with Gasteiger partial charge in [-0.15, -0.1) is 0 Å². The van der Waals surface area contributed by atoms with Crippen LogP contribution in [0.1, 0.15) is 32.1 Å². The van der Waals surface area contributed by atoms with Gasteiger partial charge in [-0.25, -0.2) is 15.0 Å². The molecule has 0 unspecified atom stereocenters. The zero-order valence-electron chi connectivity index (χ0n) is 16.4. The molecule has 1 aliphatic heterocycles. The number of imidazole rings is 1. The van der Waals surface area contributed by atoms with E-state index in [2.05, 4.69) is 30.5 Å². The lowest BCUT2D eigenvalue weighted by Crippen LogP contribution is -2.27. The summed E-state index contributed by atoms with van der Waals surface area (Å²) in [7, 11) is 0. The smallest absolute Gasteiger partial charge is 0.231 e. The van der Waals surface area contributed by atoms with Crippen molar-refractivity contribution in [3.8, 4) is 11.5 Å². The number of ether oxygens (including phenoxy) is 2. The van der Waals surface area contributed by atoms with Crippen LogP contribution in [0.2, 0.25) is 0 Å². The topological polar surface area (TPSA) is 114 Å². The van der Waals surface area contributed by atoms with Gasteiger partial charge < -0.3 is 25.5 Å². The second kappa shape index (κ2) is 8.24. The number of nitrogens with zero attached hydrogens (tertiary/aromatic N) is 4. The third-order valence-corrected chi connectivity index (χ3v) is 7.78. The van der Waals surface area contributed by atoms with E-state index < -0.39 is 0 Å². The number of anilines is 1. The van der Waals surface area contributed by atoms with E-state index in [1.807, 2.05) is 12.1 Å². The molecule has 1 saturated carbocycles. The quantitative estimate of drug-likeness (QED) is 0.552. The third kappa shape index (κ3) is 3.83. The summed E-state index contributed by atoms with van der Waals surface area (Å²) in [5.74, 6) is 2.55.